The van der Waals surface area contributed by atoms with Gasteiger partial charge in [-0.05, 0) is 26.0 Å². The highest BCUT2D eigenvalue weighted by molar-refractivity contribution is 6.00. The lowest BCUT2D eigenvalue weighted by Gasteiger charge is -2.17. The van der Waals surface area contributed by atoms with E-state index >= 15 is 0 Å². The van der Waals surface area contributed by atoms with E-state index in [4.69, 9.17) is 5.11 Å². The highest BCUT2D eigenvalue weighted by Gasteiger charge is 2.34. The second kappa shape index (κ2) is 6.05. The van der Waals surface area contributed by atoms with Crippen LogP contribution in [0.5, 0.6) is 0 Å². The number of aliphatic hydroxyl groups is 1. The zero-order chi connectivity index (χ0) is 14.7. The van der Waals surface area contributed by atoms with Crippen molar-refractivity contribution < 1.29 is 14.7 Å². The van der Waals surface area contributed by atoms with Crippen LogP contribution in [0.3, 0.4) is 0 Å². The number of rotatable bonds is 4. The van der Waals surface area contributed by atoms with E-state index in [1.54, 1.807) is 11.8 Å². The van der Waals surface area contributed by atoms with E-state index in [9.17, 15) is 9.59 Å². The molecule has 0 saturated carbocycles. The lowest BCUT2D eigenvalue weighted by atomic mass is 10.1. The van der Waals surface area contributed by atoms with Gasteiger partial charge in [0.2, 0.25) is 11.8 Å². The number of anilines is 1. The minimum atomic E-state index is -0.579. The van der Waals surface area contributed by atoms with Crippen LogP contribution in [0.2, 0.25) is 0 Å². The molecule has 0 radical (unpaired) electrons. The fourth-order valence-electron chi connectivity index (χ4n) is 2.25. The Kier molecular flexibility index (Phi) is 4.39. The van der Waals surface area contributed by atoms with Crippen LogP contribution in [-0.2, 0) is 9.59 Å². The third-order valence-corrected chi connectivity index (χ3v) is 3.41. The molecular formula is C15H20N2O3. The minimum absolute atomic E-state index is 0.0361. The third-order valence-electron chi connectivity index (χ3n) is 3.41. The van der Waals surface area contributed by atoms with E-state index in [1.807, 2.05) is 31.2 Å². The minimum Gasteiger partial charge on any atom is -0.392 e. The van der Waals surface area contributed by atoms with Gasteiger partial charge in [0.05, 0.1) is 12.0 Å². The van der Waals surface area contributed by atoms with Crippen LogP contribution in [-0.4, -0.2) is 36.1 Å². The van der Waals surface area contributed by atoms with Gasteiger partial charge in [-0.1, -0.05) is 17.7 Å². The molecule has 5 heteroatoms. The second-order valence-corrected chi connectivity index (χ2v) is 5.34. The second-order valence-electron chi connectivity index (χ2n) is 5.34. The molecule has 1 aliphatic heterocycles. The Morgan fingerprint density at radius 1 is 1.45 bits per heavy atom. The van der Waals surface area contributed by atoms with Crippen LogP contribution in [0.4, 0.5) is 5.69 Å². The highest BCUT2D eigenvalue weighted by atomic mass is 16.3. The number of nitrogens with one attached hydrogen (secondary N) is 1. The van der Waals surface area contributed by atoms with Crippen molar-refractivity contribution in [3.63, 3.8) is 0 Å². The SMILES string of the molecule is Cc1ccc(N2CC(C(=O)NCC(C)O)CC2=O)cc1. The topological polar surface area (TPSA) is 69.6 Å². The summed E-state index contributed by atoms with van der Waals surface area (Å²) in [5, 5.41) is 11.8. The monoisotopic (exact) mass is 276 g/mol. The summed E-state index contributed by atoms with van der Waals surface area (Å²) in [6, 6.07) is 7.68. The van der Waals surface area contributed by atoms with Crippen molar-refractivity contribution in [2.75, 3.05) is 18.0 Å². The molecule has 1 aromatic rings. The summed E-state index contributed by atoms with van der Waals surface area (Å²) in [5.74, 6) is -0.553. The number of aryl methyl sites for hydroxylation is 1. The molecule has 0 aromatic heterocycles. The Balaban J connectivity index is 2.00. The number of benzene rings is 1. The van der Waals surface area contributed by atoms with Gasteiger partial charge in [-0.25, -0.2) is 0 Å². The first kappa shape index (κ1) is 14.5. The Hall–Kier alpha value is -1.88. The van der Waals surface area contributed by atoms with E-state index in [2.05, 4.69) is 5.32 Å². The molecule has 2 amide bonds. The molecule has 0 bridgehead atoms. The number of nitrogens with zero attached hydrogens (tertiary/aromatic N) is 1. The van der Waals surface area contributed by atoms with Gasteiger partial charge < -0.3 is 15.3 Å². The molecule has 2 unspecified atom stereocenters. The fourth-order valence-corrected chi connectivity index (χ4v) is 2.25. The molecule has 0 aliphatic carbocycles. The van der Waals surface area contributed by atoms with Crippen LogP contribution in [0, 0.1) is 12.8 Å². The zero-order valence-corrected chi connectivity index (χ0v) is 11.8. The fraction of sp³-hybridized carbons (Fsp3) is 0.467. The number of carbonyl (C=O) groups excluding carboxylic acids is 2. The predicted octanol–water partition coefficient (Wildman–Crippen LogP) is 0.845. The molecule has 5 nitrogen and oxygen atoms in total. The van der Waals surface area contributed by atoms with Crippen molar-refractivity contribution in [3.8, 4) is 0 Å². The highest BCUT2D eigenvalue weighted by Crippen LogP contribution is 2.25. The molecule has 1 fully saturated rings. The van der Waals surface area contributed by atoms with Crippen LogP contribution in [0.15, 0.2) is 24.3 Å². The van der Waals surface area contributed by atoms with Crippen molar-refractivity contribution in [3.05, 3.63) is 29.8 Å². The van der Waals surface area contributed by atoms with Gasteiger partial charge >= 0.3 is 0 Å². The number of hydrogen-bond donors (Lipinski definition) is 2. The molecule has 0 spiro atoms. The molecule has 2 N–H and O–H groups in total. The molecule has 2 atom stereocenters. The maximum absolute atomic E-state index is 12.0. The summed E-state index contributed by atoms with van der Waals surface area (Å²) in [7, 11) is 0. The van der Waals surface area contributed by atoms with Gasteiger partial charge in [0, 0.05) is 25.2 Å². The van der Waals surface area contributed by atoms with Gasteiger partial charge in [-0.15, -0.1) is 0 Å². The van der Waals surface area contributed by atoms with E-state index < -0.39 is 6.10 Å². The number of aliphatic hydroxyl groups excluding tert-OH is 1. The number of hydrogen-bond acceptors (Lipinski definition) is 3. The van der Waals surface area contributed by atoms with Gasteiger partial charge in [0.1, 0.15) is 0 Å². The van der Waals surface area contributed by atoms with E-state index in [-0.39, 0.29) is 30.7 Å². The normalized spacial score (nSPS) is 20.1. The molecule has 108 valence electrons. The lowest BCUT2D eigenvalue weighted by molar-refractivity contribution is -0.126. The molecule has 2 rings (SSSR count). The molecule has 1 aromatic carbocycles. The predicted molar refractivity (Wildman–Crippen MR) is 76.3 cm³/mol. The first-order valence-electron chi connectivity index (χ1n) is 6.80. The van der Waals surface area contributed by atoms with Crippen molar-refractivity contribution in [1.82, 2.24) is 5.32 Å². The first-order valence-corrected chi connectivity index (χ1v) is 6.80. The van der Waals surface area contributed by atoms with Crippen molar-refractivity contribution in [2.24, 2.45) is 5.92 Å². The van der Waals surface area contributed by atoms with E-state index in [0.717, 1.165) is 11.3 Å². The zero-order valence-electron chi connectivity index (χ0n) is 11.8. The van der Waals surface area contributed by atoms with Gasteiger partial charge in [0.25, 0.3) is 0 Å². The summed E-state index contributed by atoms with van der Waals surface area (Å²) in [4.78, 5) is 25.6. The van der Waals surface area contributed by atoms with Gasteiger partial charge in [0.15, 0.2) is 0 Å². The lowest BCUT2D eigenvalue weighted by Crippen LogP contribution is -2.36. The summed E-state index contributed by atoms with van der Waals surface area (Å²) >= 11 is 0. The summed E-state index contributed by atoms with van der Waals surface area (Å²) in [5.41, 5.74) is 1.96. The van der Waals surface area contributed by atoms with Crippen LogP contribution in [0.25, 0.3) is 0 Å². The Morgan fingerprint density at radius 2 is 2.10 bits per heavy atom. The summed E-state index contributed by atoms with van der Waals surface area (Å²) < 4.78 is 0. The smallest absolute Gasteiger partial charge is 0.227 e. The number of amides is 2. The molecular weight excluding hydrogens is 256 g/mol. The molecule has 1 saturated heterocycles. The quantitative estimate of drug-likeness (QED) is 0.856. The standard InChI is InChI=1S/C15H20N2O3/c1-10-3-5-13(6-4-10)17-9-12(7-14(17)19)15(20)16-8-11(2)18/h3-6,11-12,18H,7-9H2,1-2H3,(H,16,20). The van der Waals surface area contributed by atoms with Crippen LogP contribution in [0.1, 0.15) is 18.9 Å². The maximum Gasteiger partial charge on any atom is 0.227 e. The van der Waals surface area contributed by atoms with Crippen LogP contribution >= 0.6 is 0 Å². The third kappa shape index (κ3) is 3.36. The maximum atomic E-state index is 12.0. The molecule has 1 heterocycles. The number of carbonyl (C=O) groups is 2. The average Bonchev–Trinajstić information content (AvgIpc) is 2.79. The average molecular weight is 276 g/mol. The van der Waals surface area contributed by atoms with Gasteiger partial charge in [-0.3, -0.25) is 9.59 Å². The Labute approximate surface area is 118 Å². The van der Waals surface area contributed by atoms with E-state index in [0.29, 0.717) is 6.54 Å². The van der Waals surface area contributed by atoms with Crippen molar-refractivity contribution in [1.29, 1.82) is 0 Å². The Morgan fingerprint density at radius 3 is 2.70 bits per heavy atom. The van der Waals surface area contributed by atoms with Gasteiger partial charge in [-0.2, -0.15) is 0 Å². The van der Waals surface area contributed by atoms with Crippen molar-refractivity contribution in [2.45, 2.75) is 26.4 Å². The van der Waals surface area contributed by atoms with E-state index in [1.165, 1.54) is 0 Å². The van der Waals surface area contributed by atoms with Crippen molar-refractivity contribution >= 4 is 17.5 Å². The Bertz CT molecular complexity index is 496. The largest absolute Gasteiger partial charge is 0.392 e. The summed E-state index contributed by atoms with van der Waals surface area (Å²) in [6.45, 7) is 4.21. The first-order chi connectivity index (χ1) is 9.47. The summed E-state index contributed by atoms with van der Waals surface area (Å²) in [6.07, 6.45) is -0.358. The van der Waals surface area contributed by atoms with Crippen LogP contribution < -0.4 is 10.2 Å². The molecule has 20 heavy (non-hydrogen) atoms. The molecule has 1 aliphatic rings.